The molecule has 4 N–H and O–H groups in total. The van der Waals surface area contributed by atoms with Crippen molar-refractivity contribution in [3.05, 3.63) is 0 Å². The summed E-state index contributed by atoms with van der Waals surface area (Å²) in [7, 11) is 0. The average molecular weight is 485 g/mol. The van der Waals surface area contributed by atoms with Crippen molar-refractivity contribution in [3.63, 3.8) is 0 Å². The van der Waals surface area contributed by atoms with Gasteiger partial charge in [-0.15, -0.1) is 0 Å². The zero-order valence-corrected chi connectivity index (χ0v) is 21.3. The lowest BCUT2D eigenvalue weighted by atomic mass is 9.96. The summed E-state index contributed by atoms with van der Waals surface area (Å²) in [6, 6.07) is -2.94. The third-order valence-electron chi connectivity index (χ3n) is 5.28. The van der Waals surface area contributed by atoms with Gasteiger partial charge in [-0.1, -0.05) is 54.9 Å². The molecule has 0 spiro atoms. The maximum Gasteiger partial charge on any atom is 0.407 e. The first-order valence-electron chi connectivity index (χ1n) is 11.7. The van der Waals surface area contributed by atoms with Gasteiger partial charge < -0.3 is 20.7 Å². The highest BCUT2D eigenvalue weighted by Gasteiger charge is 2.34. The van der Waals surface area contributed by atoms with E-state index in [4.69, 9.17) is 9.57 Å². The normalized spacial score (nSPS) is 19.4. The van der Waals surface area contributed by atoms with Crippen molar-refractivity contribution in [2.45, 2.75) is 85.9 Å². The van der Waals surface area contributed by atoms with Crippen LogP contribution in [-0.4, -0.2) is 60.9 Å². The van der Waals surface area contributed by atoms with Crippen LogP contribution in [0.4, 0.5) is 4.79 Å². The van der Waals surface area contributed by atoms with E-state index >= 15 is 0 Å². The van der Waals surface area contributed by atoms with Gasteiger partial charge in [0.1, 0.15) is 12.1 Å². The maximum absolute atomic E-state index is 13.1. The molecule has 0 aromatic carbocycles. The molecule has 1 heterocycles. The predicted octanol–water partition coefficient (Wildman–Crippen LogP) is 1.21. The number of amides is 4. The van der Waals surface area contributed by atoms with Crippen molar-refractivity contribution in [2.75, 3.05) is 13.2 Å². The summed E-state index contributed by atoms with van der Waals surface area (Å²) in [5.74, 6) is -3.07. The average Bonchev–Trinajstić information content (AvgIpc) is 2.89. The van der Waals surface area contributed by atoms with Crippen LogP contribution in [0.1, 0.15) is 67.7 Å². The number of carbonyl (C=O) groups excluding carboxylic acids is 5. The standard InChI is InChI=1S/C23H40N4O7/c1-8-14(4)17(26-22(32)33-12-23(5,6)7)20(30)25-16(11-13(2)3)19(29)24-15-9-10-34-27-21(31)18(15)28/h13-17H,8-12H2,1-7H3,(H,24,29)(H,25,30)(H,26,32)(H,27,31). The van der Waals surface area contributed by atoms with Gasteiger partial charge in [-0.05, 0) is 23.7 Å². The zero-order chi connectivity index (χ0) is 26.1. The quantitative estimate of drug-likeness (QED) is 0.340. The highest BCUT2D eigenvalue weighted by molar-refractivity contribution is 6.38. The lowest BCUT2D eigenvalue weighted by Crippen LogP contribution is -2.58. The van der Waals surface area contributed by atoms with Crippen LogP contribution in [0.25, 0.3) is 0 Å². The Morgan fingerprint density at radius 3 is 2.32 bits per heavy atom. The number of ketones is 1. The van der Waals surface area contributed by atoms with E-state index in [1.54, 1.807) is 0 Å². The van der Waals surface area contributed by atoms with Gasteiger partial charge in [-0.3, -0.25) is 24.0 Å². The second-order valence-electron chi connectivity index (χ2n) is 10.3. The largest absolute Gasteiger partial charge is 0.449 e. The third-order valence-corrected chi connectivity index (χ3v) is 5.28. The van der Waals surface area contributed by atoms with Crippen LogP contribution in [0, 0.1) is 17.3 Å². The molecule has 0 saturated carbocycles. The van der Waals surface area contributed by atoms with Crippen LogP contribution in [0.2, 0.25) is 0 Å². The number of carbonyl (C=O) groups is 5. The molecule has 1 rings (SSSR count). The molecule has 4 amide bonds. The first-order chi connectivity index (χ1) is 15.7. The Kier molecular flexibility index (Phi) is 11.4. The van der Waals surface area contributed by atoms with Crippen LogP contribution in [0.3, 0.4) is 0 Å². The molecular formula is C23H40N4O7. The summed E-state index contributed by atoms with van der Waals surface area (Å²) in [6.07, 6.45) is 0.297. The Morgan fingerprint density at radius 2 is 1.76 bits per heavy atom. The van der Waals surface area contributed by atoms with E-state index in [1.165, 1.54) is 0 Å². The maximum atomic E-state index is 13.1. The van der Waals surface area contributed by atoms with Crippen molar-refractivity contribution < 1.29 is 33.5 Å². The highest BCUT2D eigenvalue weighted by atomic mass is 16.7. The molecule has 4 atom stereocenters. The molecule has 1 aliphatic heterocycles. The van der Waals surface area contributed by atoms with Gasteiger partial charge in [0.15, 0.2) is 0 Å². The van der Waals surface area contributed by atoms with Gasteiger partial charge in [0.25, 0.3) is 0 Å². The summed E-state index contributed by atoms with van der Waals surface area (Å²) in [6.45, 7) is 13.5. The van der Waals surface area contributed by atoms with Crippen LogP contribution in [0.15, 0.2) is 0 Å². The Hall–Kier alpha value is -2.69. The molecule has 11 heteroatoms. The first-order valence-corrected chi connectivity index (χ1v) is 11.7. The van der Waals surface area contributed by atoms with E-state index in [0.29, 0.717) is 12.8 Å². The van der Waals surface area contributed by atoms with Gasteiger partial charge in [0, 0.05) is 6.42 Å². The summed E-state index contributed by atoms with van der Waals surface area (Å²) in [5.41, 5.74) is 1.77. The number of alkyl carbamates (subject to hydrolysis) is 1. The number of nitrogens with one attached hydrogen (secondary N) is 4. The fourth-order valence-electron chi connectivity index (χ4n) is 3.16. The fourth-order valence-corrected chi connectivity index (χ4v) is 3.16. The first kappa shape index (κ1) is 29.3. The van der Waals surface area contributed by atoms with E-state index < -0.39 is 47.7 Å². The minimum absolute atomic E-state index is 0.0410. The van der Waals surface area contributed by atoms with Crippen molar-refractivity contribution in [1.29, 1.82) is 0 Å². The number of ether oxygens (including phenoxy) is 1. The molecular weight excluding hydrogens is 444 g/mol. The van der Waals surface area contributed by atoms with Gasteiger partial charge in [0.05, 0.1) is 19.3 Å². The zero-order valence-electron chi connectivity index (χ0n) is 21.3. The Labute approximate surface area is 201 Å². The summed E-state index contributed by atoms with van der Waals surface area (Å²) in [5, 5.41) is 7.87. The van der Waals surface area contributed by atoms with E-state index in [2.05, 4.69) is 16.0 Å². The van der Waals surface area contributed by atoms with Gasteiger partial charge in [0.2, 0.25) is 17.6 Å². The third kappa shape index (κ3) is 10.1. The lowest BCUT2D eigenvalue weighted by molar-refractivity contribution is -0.144. The molecule has 11 nitrogen and oxygen atoms in total. The van der Waals surface area contributed by atoms with Crippen molar-refractivity contribution >= 4 is 29.6 Å². The molecule has 4 unspecified atom stereocenters. The monoisotopic (exact) mass is 484 g/mol. The van der Waals surface area contributed by atoms with E-state index in [-0.39, 0.29) is 36.9 Å². The number of hydrogen-bond acceptors (Lipinski definition) is 7. The van der Waals surface area contributed by atoms with Crippen LogP contribution < -0.4 is 21.4 Å². The van der Waals surface area contributed by atoms with Gasteiger partial charge >= 0.3 is 12.0 Å². The number of hydrogen-bond donors (Lipinski definition) is 4. The molecule has 1 fully saturated rings. The second-order valence-corrected chi connectivity index (χ2v) is 10.3. The smallest absolute Gasteiger partial charge is 0.407 e. The highest BCUT2D eigenvalue weighted by Crippen LogP contribution is 2.14. The molecule has 0 radical (unpaired) electrons. The van der Waals surface area contributed by atoms with Crippen molar-refractivity contribution in [2.24, 2.45) is 17.3 Å². The minimum Gasteiger partial charge on any atom is -0.449 e. The number of hydroxylamine groups is 1. The molecule has 1 aliphatic rings. The molecule has 194 valence electrons. The topological polar surface area (TPSA) is 152 Å². The molecule has 0 aromatic heterocycles. The SMILES string of the molecule is CCC(C)C(NC(=O)OCC(C)(C)C)C(=O)NC(CC(C)C)C(=O)NC1CCONC(=O)C1=O. The summed E-state index contributed by atoms with van der Waals surface area (Å²) in [4.78, 5) is 67.1. The molecule has 0 aliphatic carbocycles. The van der Waals surface area contributed by atoms with Gasteiger partial charge in [-0.25, -0.2) is 10.3 Å². The minimum atomic E-state index is -1.06. The number of rotatable bonds is 10. The lowest BCUT2D eigenvalue weighted by Gasteiger charge is -2.28. The molecule has 0 bridgehead atoms. The van der Waals surface area contributed by atoms with Crippen molar-refractivity contribution in [3.8, 4) is 0 Å². The molecule has 0 aromatic rings. The van der Waals surface area contributed by atoms with Crippen LogP contribution in [-0.2, 0) is 28.8 Å². The Bertz CT molecular complexity index is 748. The molecule has 34 heavy (non-hydrogen) atoms. The summed E-state index contributed by atoms with van der Waals surface area (Å²) >= 11 is 0. The van der Waals surface area contributed by atoms with Crippen molar-refractivity contribution in [1.82, 2.24) is 21.4 Å². The molecule has 1 saturated heterocycles. The van der Waals surface area contributed by atoms with E-state index in [1.807, 2.05) is 53.9 Å². The van der Waals surface area contributed by atoms with Gasteiger partial charge in [-0.2, -0.15) is 0 Å². The van der Waals surface area contributed by atoms with E-state index in [0.717, 1.165) is 0 Å². The Morgan fingerprint density at radius 1 is 1.12 bits per heavy atom. The Balaban J connectivity index is 2.93. The van der Waals surface area contributed by atoms with Crippen LogP contribution >= 0.6 is 0 Å². The summed E-state index contributed by atoms with van der Waals surface area (Å²) < 4.78 is 5.24. The second kappa shape index (κ2) is 13.3. The fraction of sp³-hybridized carbons (Fsp3) is 0.783. The number of Topliss-reactive ketones (excluding diaryl/α,β-unsaturated/α-hetero) is 1. The van der Waals surface area contributed by atoms with Crippen LogP contribution in [0.5, 0.6) is 0 Å². The predicted molar refractivity (Wildman–Crippen MR) is 124 cm³/mol. The van der Waals surface area contributed by atoms with E-state index in [9.17, 15) is 24.0 Å².